The molecule has 0 bridgehead atoms. The SMILES string of the molecule is C#CCN1CCCC(O)CC1. The molecule has 0 radical (unpaired) electrons. The highest BCUT2D eigenvalue weighted by molar-refractivity contribution is 4.88. The fourth-order valence-corrected chi connectivity index (χ4v) is 1.43. The number of likely N-dealkylation sites (tertiary alicyclic amines) is 1. The van der Waals surface area contributed by atoms with Gasteiger partial charge in [0.2, 0.25) is 0 Å². The minimum Gasteiger partial charge on any atom is -0.393 e. The first kappa shape index (κ1) is 8.58. The number of terminal acetylenes is 1. The molecule has 1 atom stereocenters. The van der Waals surface area contributed by atoms with Crippen molar-refractivity contribution in [2.75, 3.05) is 19.6 Å². The standard InChI is InChI=1S/C9H15NO/c1-2-6-10-7-3-4-9(11)5-8-10/h1,9,11H,3-8H2. The van der Waals surface area contributed by atoms with Crippen LogP contribution >= 0.6 is 0 Å². The molecule has 0 aromatic carbocycles. The Hall–Kier alpha value is -0.520. The molecule has 1 aliphatic heterocycles. The number of aliphatic hydroxyl groups is 1. The van der Waals surface area contributed by atoms with Crippen LogP contribution in [-0.2, 0) is 0 Å². The molecular formula is C9H15NO. The van der Waals surface area contributed by atoms with Gasteiger partial charge in [-0.05, 0) is 25.8 Å². The highest BCUT2D eigenvalue weighted by Crippen LogP contribution is 2.09. The lowest BCUT2D eigenvalue weighted by atomic mass is 10.2. The highest BCUT2D eigenvalue weighted by atomic mass is 16.3. The molecule has 2 heteroatoms. The second kappa shape index (κ2) is 4.38. The van der Waals surface area contributed by atoms with E-state index in [1.165, 1.54) is 0 Å². The van der Waals surface area contributed by atoms with E-state index in [2.05, 4.69) is 10.8 Å². The molecule has 1 fully saturated rings. The van der Waals surface area contributed by atoms with Crippen LogP contribution in [-0.4, -0.2) is 35.7 Å². The summed E-state index contributed by atoms with van der Waals surface area (Å²) in [4.78, 5) is 2.22. The fraction of sp³-hybridized carbons (Fsp3) is 0.778. The molecule has 1 heterocycles. The normalized spacial score (nSPS) is 27.5. The lowest BCUT2D eigenvalue weighted by Crippen LogP contribution is -2.25. The van der Waals surface area contributed by atoms with Gasteiger partial charge in [0, 0.05) is 6.54 Å². The number of hydrogen-bond donors (Lipinski definition) is 1. The van der Waals surface area contributed by atoms with Crippen molar-refractivity contribution in [2.45, 2.75) is 25.4 Å². The Morgan fingerprint density at radius 1 is 1.45 bits per heavy atom. The first-order valence-corrected chi connectivity index (χ1v) is 4.17. The summed E-state index contributed by atoms with van der Waals surface area (Å²) < 4.78 is 0. The van der Waals surface area contributed by atoms with E-state index in [-0.39, 0.29) is 6.10 Å². The average Bonchev–Trinajstić information content (AvgIpc) is 2.17. The summed E-state index contributed by atoms with van der Waals surface area (Å²) in [5.74, 6) is 2.62. The molecule has 62 valence electrons. The van der Waals surface area contributed by atoms with Gasteiger partial charge in [-0.25, -0.2) is 0 Å². The van der Waals surface area contributed by atoms with Crippen molar-refractivity contribution in [3.8, 4) is 12.3 Å². The van der Waals surface area contributed by atoms with Crippen LogP contribution < -0.4 is 0 Å². The second-order valence-corrected chi connectivity index (χ2v) is 3.06. The maximum Gasteiger partial charge on any atom is 0.0598 e. The Morgan fingerprint density at radius 2 is 2.27 bits per heavy atom. The summed E-state index contributed by atoms with van der Waals surface area (Å²) in [6.45, 7) is 2.72. The van der Waals surface area contributed by atoms with E-state index < -0.39 is 0 Å². The summed E-state index contributed by atoms with van der Waals surface area (Å²) in [5.41, 5.74) is 0. The van der Waals surface area contributed by atoms with Gasteiger partial charge in [-0.3, -0.25) is 4.90 Å². The van der Waals surface area contributed by atoms with Gasteiger partial charge < -0.3 is 5.11 Å². The van der Waals surface area contributed by atoms with E-state index in [1.54, 1.807) is 0 Å². The average molecular weight is 153 g/mol. The van der Waals surface area contributed by atoms with Crippen molar-refractivity contribution in [1.29, 1.82) is 0 Å². The van der Waals surface area contributed by atoms with Gasteiger partial charge in [-0.1, -0.05) is 5.92 Å². The van der Waals surface area contributed by atoms with Crippen LogP contribution in [0.4, 0.5) is 0 Å². The molecule has 0 aromatic heterocycles. The Kier molecular flexibility index (Phi) is 3.41. The quantitative estimate of drug-likeness (QED) is 0.553. The van der Waals surface area contributed by atoms with Crippen molar-refractivity contribution in [2.24, 2.45) is 0 Å². The van der Waals surface area contributed by atoms with Gasteiger partial charge in [-0.15, -0.1) is 6.42 Å². The molecule has 0 spiro atoms. The zero-order valence-corrected chi connectivity index (χ0v) is 6.79. The van der Waals surface area contributed by atoms with Gasteiger partial charge in [0.05, 0.1) is 12.6 Å². The number of aliphatic hydroxyl groups excluding tert-OH is 1. The van der Waals surface area contributed by atoms with Gasteiger partial charge in [0.1, 0.15) is 0 Å². The van der Waals surface area contributed by atoms with Crippen molar-refractivity contribution >= 4 is 0 Å². The van der Waals surface area contributed by atoms with Crippen LogP contribution in [0.3, 0.4) is 0 Å². The van der Waals surface area contributed by atoms with Crippen LogP contribution in [0.15, 0.2) is 0 Å². The molecule has 0 saturated carbocycles. The molecule has 1 rings (SSSR count). The van der Waals surface area contributed by atoms with Crippen LogP contribution in [0.5, 0.6) is 0 Å². The molecule has 0 aromatic rings. The lowest BCUT2D eigenvalue weighted by Gasteiger charge is -2.15. The van der Waals surface area contributed by atoms with Crippen molar-refractivity contribution in [1.82, 2.24) is 4.90 Å². The minimum absolute atomic E-state index is 0.0993. The van der Waals surface area contributed by atoms with Crippen LogP contribution in [0.1, 0.15) is 19.3 Å². The minimum atomic E-state index is -0.0993. The molecule has 0 aliphatic carbocycles. The zero-order valence-electron chi connectivity index (χ0n) is 6.79. The summed E-state index contributed by atoms with van der Waals surface area (Å²) in [7, 11) is 0. The zero-order chi connectivity index (χ0) is 8.10. The molecule has 1 saturated heterocycles. The van der Waals surface area contributed by atoms with Crippen molar-refractivity contribution in [3.63, 3.8) is 0 Å². The molecule has 2 nitrogen and oxygen atoms in total. The topological polar surface area (TPSA) is 23.5 Å². The fourth-order valence-electron chi connectivity index (χ4n) is 1.43. The second-order valence-electron chi connectivity index (χ2n) is 3.06. The predicted molar refractivity (Wildman–Crippen MR) is 45.1 cm³/mol. The number of hydrogen-bond acceptors (Lipinski definition) is 2. The van der Waals surface area contributed by atoms with E-state index in [0.29, 0.717) is 0 Å². The van der Waals surface area contributed by atoms with Gasteiger partial charge >= 0.3 is 0 Å². The smallest absolute Gasteiger partial charge is 0.0598 e. The van der Waals surface area contributed by atoms with Crippen LogP contribution in [0.2, 0.25) is 0 Å². The van der Waals surface area contributed by atoms with Crippen LogP contribution in [0.25, 0.3) is 0 Å². The van der Waals surface area contributed by atoms with E-state index in [0.717, 1.165) is 38.9 Å². The van der Waals surface area contributed by atoms with Gasteiger partial charge in [-0.2, -0.15) is 0 Å². The lowest BCUT2D eigenvalue weighted by molar-refractivity contribution is 0.156. The molecule has 1 aliphatic rings. The Balaban J connectivity index is 2.29. The number of rotatable bonds is 1. The Morgan fingerprint density at radius 3 is 3.00 bits per heavy atom. The first-order chi connectivity index (χ1) is 5.33. The maximum atomic E-state index is 9.30. The van der Waals surface area contributed by atoms with E-state index in [4.69, 9.17) is 6.42 Å². The van der Waals surface area contributed by atoms with E-state index in [9.17, 15) is 5.11 Å². The molecule has 1 unspecified atom stereocenters. The highest BCUT2D eigenvalue weighted by Gasteiger charge is 2.13. The summed E-state index contributed by atoms with van der Waals surface area (Å²) in [6, 6.07) is 0. The Labute approximate surface area is 68.2 Å². The monoisotopic (exact) mass is 153 g/mol. The third kappa shape index (κ3) is 2.92. The summed E-state index contributed by atoms with van der Waals surface area (Å²) in [6.07, 6.45) is 7.97. The van der Waals surface area contributed by atoms with Crippen molar-refractivity contribution < 1.29 is 5.11 Å². The maximum absolute atomic E-state index is 9.30. The first-order valence-electron chi connectivity index (χ1n) is 4.17. The molecule has 1 N–H and O–H groups in total. The van der Waals surface area contributed by atoms with E-state index in [1.807, 2.05) is 0 Å². The summed E-state index contributed by atoms with van der Waals surface area (Å²) in [5, 5.41) is 9.30. The predicted octanol–water partition coefficient (Wildman–Crippen LogP) is 0.466. The summed E-state index contributed by atoms with van der Waals surface area (Å²) >= 11 is 0. The molecular weight excluding hydrogens is 138 g/mol. The molecule has 11 heavy (non-hydrogen) atoms. The largest absolute Gasteiger partial charge is 0.393 e. The Bertz CT molecular complexity index is 150. The number of nitrogens with zero attached hydrogens (tertiary/aromatic N) is 1. The van der Waals surface area contributed by atoms with Crippen LogP contribution in [0, 0.1) is 12.3 Å². The van der Waals surface area contributed by atoms with Crippen molar-refractivity contribution in [3.05, 3.63) is 0 Å². The third-order valence-corrected chi connectivity index (χ3v) is 2.11. The van der Waals surface area contributed by atoms with Gasteiger partial charge in [0.15, 0.2) is 0 Å². The van der Waals surface area contributed by atoms with E-state index >= 15 is 0 Å². The van der Waals surface area contributed by atoms with Gasteiger partial charge in [0.25, 0.3) is 0 Å². The third-order valence-electron chi connectivity index (χ3n) is 2.11. The molecule has 0 amide bonds.